The molecule has 0 aliphatic heterocycles. The van der Waals surface area contributed by atoms with Crippen molar-refractivity contribution in [3.05, 3.63) is 27.7 Å². The van der Waals surface area contributed by atoms with Crippen LogP contribution in [0.25, 0.3) is 0 Å². The van der Waals surface area contributed by atoms with Crippen LogP contribution in [0.15, 0.2) is 12.1 Å². The van der Waals surface area contributed by atoms with Crippen LogP contribution in [0.3, 0.4) is 0 Å². The Labute approximate surface area is 105 Å². The predicted octanol–water partition coefficient (Wildman–Crippen LogP) is 2.87. The second-order valence-corrected chi connectivity index (χ2v) is 3.94. The van der Waals surface area contributed by atoms with Gasteiger partial charge in [0.25, 0.3) is 5.91 Å². The number of carbonyl (C=O) groups is 1. The molecular weight excluding hydrogens is 280 g/mol. The van der Waals surface area contributed by atoms with Crippen LogP contribution in [0, 0.1) is 0 Å². The normalized spacial score (nSPS) is 11.4. The summed E-state index contributed by atoms with van der Waals surface area (Å²) in [6.45, 7) is -1.42. The van der Waals surface area contributed by atoms with Crippen molar-refractivity contribution in [3.63, 3.8) is 0 Å². The lowest BCUT2D eigenvalue weighted by Gasteiger charge is -2.09. The quantitative estimate of drug-likeness (QED) is 0.822. The number of nitrogen functional groups attached to an aromatic ring is 1. The standard InChI is InChI=1S/C9H7Cl2F3N2O/c10-5-1-4(2-6(15)7(5)11)8(17)16-3-9(12,13)14/h1-2H,3,15H2,(H,16,17). The number of nitrogens with one attached hydrogen (secondary N) is 1. The molecule has 17 heavy (non-hydrogen) atoms. The summed E-state index contributed by atoms with van der Waals surface area (Å²) in [5.74, 6) is -0.924. The highest BCUT2D eigenvalue weighted by Gasteiger charge is 2.28. The first-order valence-corrected chi connectivity index (χ1v) is 5.06. The van der Waals surface area contributed by atoms with Crippen molar-refractivity contribution in [1.82, 2.24) is 5.32 Å². The van der Waals surface area contributed by atoms with Crippen LogP contribution in [0.2, 0.25) is 10.0 Å². The first-order valence-electron chi connectivity index (χ1n) is 4.30. The Morgan fingerprint density at radius 3 is 2.41 bits per heavy atom. The molecule has 0 radical (unpaired) electrons. The molecule has 1 aromatic rings. The Hall–Kier alpha value is -1.14. The Balaban J connectivity index is 2.84. The second-order valence-electron chi connectivity index (χ2n) is 3.16. The van der Waals surface area contributed by atoms with Gasteiger partial charge >= 0.3 is 6.18 Å². The molecule has 1 amide bonds. The Bertz CT molecular complexity index is 425. The summed E-state index contributed by atoms with van der Waals surface area (Å²) in [6, 6.07) is 2.30. The van der Waals surface area contributed by atoms with Crippen LogP contribution in [-0.2, 0) is 0 Å². The number of halogens is 5. The van der Waals surface area contributed by atoms with Crippen molar-refractivity contribution < 1.29 is 18.0 Å². The maximum atomic E-state index is 11.9. The van der Waals surface area contributed by atoms with Crippen LogP contribution in [0.1, 0.15) is 10.4 Å². The number of nitrogens with two attached hydrogens (primary N) is 1. The number of amides is 1. The molecule has 94 valence electrons. The van der Waals surface area contributed by atoms with E-state index in [-0.39, 0.29) is 21.3 Å². The lowest BCUT2D eigenvalue weighted by molar-refractivity contribution is -0.123. The average Bonchev–Trinajstić information content (AvgIpc) is 2.20. The van der Waals surface area contributed by atoms with Crippen molar-refractivity contribution in [1.29, 1.82) is 0 Å². The minimum Gasteiger partial charge on any atom is -0.397 e. The van der Waals surface area contributed by atoms with Crippen molar-refractivity contribution in [3.8, 4) is 0 Å². The molecule has 1 rings (SSSR count). The van der Waals surface area contributed by atoms with E-state index < -0.39 is 18.6 Å². The van der Waals surface area contributed by atoms with Gasteiger partial charge in [-0.15, -0.1) is 0 Å². The zero-order valence-electron chi connectivity index (χ0n) is 8.24. The third-order valence-corrected chi connectivity index (χ3v) is 2.58. The molecule has 0 aliphatic carbocycles. The van der Waals surface area contributed by atoms with Gasteiger partial charge < -0.3 is 11.1 Å². The number of rotatable bonds is 2. The van der Waals surface area contributed by atoms with E-state index in [1.54, 1.807) is 5.32 Å². The SMILES string of the molecule is Nc1cc(C(=O)NCC(F)(F)F)cc(Cl)c1Cl. The monoisotopic (exact) mass is 286 g/mol. The summed E-state index contributed by atoms with van der Waals surface area (Å²) >= 11 is 11.3. The minimum atomic E-state index is -4.47. The van der Waals surface area contributed by atoms with Gasteiger partial charge in [-0.25, -0.2) is 0 Å². The largest absolute Gasteiger partial charge is 0.405 e. The third-order valence-electron chi connectivity index (χ3n) is 1.77. The first kappa shape index (κ1) is 13.9. The van der Waals surface area contributed by atoms with Crippen LogP contribution < -0.4 is 11.1 Å². The number of benzene rings is 1. The number of hydrogen-bond acceptors (Lipinski definition) is 2. The second kappa shape index (κ2) is 5.01. The van der Waals surface area contributed by atoms with E-state index in [1.165, 1.54) is 0 Å². The summed E-state index contributed by atoms with van der Waals surface area (Å²) in [5, 5.41) is 1.75. The molecule has 0 bridgehead atoms. The van der Waals surface area contributed by atoms with Gasteiger partial charge in [0.15, 0.2) is 0 Å². The summed E-state index contributed by atoms with van der Waals surface area (Å²) in [5.41, 5.74) is 5.36. The lowest BCUT2D eigenvalue weighted by Crippen LogP contribution is -2.33. The third kappa shape index (κ3) is 3.98. The van der Waals surface area contributed by atoms with Gasteiger partial charge in [-0.3, -0.25) is 4.79 Å². The summed E-state index contributed by atoms with van der Waals surface area (Å²) < 4.78 is 35.6. The van der Waals surface area contributed by atoms with Crippen LogP contribution in [0.5, 0.6) is 0 Å². The molecule has 0 saturated carbocycles. The number of carbonyl (C=O) groups excluding carboxylic acids is 1. The van der Waals surface area contributed by atoms with Crippen molar-refractivity contribution >= 4 is 34.8 Å². The van der Waals surface area contributed by atoms with Crippen LogP contribution >= 0.6 is 23.2 Å². The van der Waals surface area contributed by atoms with Gasteiger partial charge in [0.05, 0.1) is 15.7 Å². The molecule has 0 fully saturated rings. The van der Waals surface area contributed by atoms with Crippen molar-refractivity contribution in [2.24, 2.45) is 0 Å². The van der Waals surface area contributed by atoms with Gasteiger partial charge in [-0.2, -0.15) is 13.2 Å². The maximum absolute atomic E-state index is 11.9. The fourth-order valence-corrected chi connectivity index (χ4v) is 1.36. The molecule has 0 heterocycles. The van der Waals surface area contributed by atoms with Crippen molar-refractivity contribution in [2.45, 2.75) is 6.18 Å². The molecular formula is C9H7Cl2F3N2O. The number of hydrogen-bond donors (Lipinski definition) is 2. The molecule has 0 aliphatic rings. The van der Waals surface area contributed by atoms with Gasteiger partial charge in [0, 0.05) is 5.56 Å². The number of anilines is 1. The molecule has 0 aromatic heterocycles. The summed E-state index contributed by atoms with van der Waals surface area (Å²) in [7, 11) is 0. The van der Waals surface area contributed by atoms with Crippen LogP contribution in [-0.4, -0.2) is 18.6 Å². The van der Waals surface area contributed by atoms with Gasteiger partial charge in [0.2, 0.25) is 0 Å². The average molecular weight is 287 g/mol. The zero-order valence-corrected chi connectivity index (χ0v) is 9.75. The molecule has 0 saturated heterocycles. The minimum absolute atomic E-state index is 0.00354. The van der Waals surface area contributed by atoms with E-state index >= 15 is 0 Å². The van der Waals surface area contributed by atoms with Gasteiger partial charge in [0.1, 0.15) is 6.54 Å². The topological polar surface area (TPSA) is 55.1 Å². The molecule has 0 spiro atoms. The highest BCUT2D eigenvalue weighted by Crippen LogP contribution is 2.29. The predicted molar refractivity (Wildman–Crippen MR) is 59.3 cm³/mol. The summed E-state index contributed by atoms with van der Waals surface area (Å²) in [4.78, 5) is 11.3. The molecule has 0 unspecified atom stereocenters. The van der Waals surface area contributed by atoms with E-state index in [9.17, 15) is 18.0 Å². The highest BCUT2D eigenvalue weighted by molar-refractivity contribution is 6.43. The summed E-state index contributed by atoms with van der Waals surface area (Å²) in [6.07, 6.45) is -4.47. The Morgan fingerprint density at radius 1 is 1.35 bits per heavy atom. The van der Waals surface area contributed by atoms with Crippen LogP contribution in [0.4, 0.5) is 18.9 Å². The first-order chi connectivity index (χ1) is 7.70. The van der Waals surface area contributed by atoms with Gasteiger partial charge in [-0.05, 0) is 12.1 Å². The molecule has 3 N–H and O–H groups in total. The molecule has 0 atom stereocenters. The Morgan fingerprint density at radius 2 is 1.94 bits per heavy atom. The van der Waals surface area contributed by atoms with E-state index in [2.05, 4.69) is 0 Å². The van der Waals surface area contributed by atoms with E-state index in [0.29, 0.717) is 0 Å². The smallest absolute Gasteiger partial charge is 0.397 e. The molecule has 8 heteroatoms. The van der Waals surface area contributed by atoms with Gasteiger partial charge in [-0.1, -0.05) is 23.2 Å². The van der Waals surface area contributed by atoms with E-state index in [4.69, 9.17) is 28.9 Å². The zero-order chi connectivity index (χ0) is 13.2. The Kier molecular flexibility index (Phi) is 4.11. The number of alkyl halides is 3. The highest BCUT2D eigenvalue weighted by atomic mass is 35.5. The van der Waals surface area contributed by atoms with E-state index in [0.717, 1.165) is 12.1 Å². The fraction of sp³-hybridized carbons (Fsp3) is 0.222. The molecule has 3 nitrogen and oxygen atoms in total. The fourth-order valence-electron chi connectivity index (χ4n) is 1.02. The molecule has 1 aromatic carbocycles. The van der Waals surface area contributed by atoms with E-state index in [1.807, 2.05) is 0 Å². The maximum Gasteiger partial charge on any atom is 0.405 e. The van der Waals surface area contributed by atoms with Crippen molar-refractivity contribution in [2.75, 3.05) is 12.3 Å². The lowest BCUT2D eigenvalue weighted by atomic mass is 10.2.